The monoisotopic (exact) mass is 303 g/mol. The van der Waals surface area contributed by atoms with Crippen LogP contribution < -0.4 is 0 Å². The zero-order valence-electron chi connectivity index (χ0n) is 14.9. The van der Waals surface area contributed by atoms with Gasteiger partial charge < -0.3 is 4.57 Å². The van der Waals surface area contributed by atoms with Crippen LogP contribution in [0.5, 0.6) is 0 Å². The SMILES string of the molecule is CC(C)c1cn(C(C)CC(C)(C)c2ncn(C(C)C)n2)cn1. The van der Waals surface area contributed by atoms with Crippen LogP contribution in [-0.2, 0) is 5.41 Å². The molecule has 2 aromatic heterocycles. The van der Waals surface area contributed by atoms with Crippen LogP contribution in [-0.4, -0.2) is 24.3 Å². The Balaban J connectivity index is 2.12. The summed E-state index contributed by atoms with van der Waals surface area (Å²) in [6.45, 7) is 15.2. The molecule has 0 saturated carbocycles. The number of hydrogen-bond donors (Lipinski definition) is 0. The normalized spacial score (nSPS) is 14.0. The lowest BCUT2D eigenvalue weighted by atomic mass is 9.85. The first-order valence-corrected chi connectivity index (χ1v) is 8.15. The molecule has 0 aromatic carbocycles. The summed E-state index contributed by atoms with van der Waals surface area (Å²) >= 11 is 0. The summed E-state index contributed by atoms with van der Waals surface area (Å²) in [4.78, 5) is 9.01. The van der Waals surface area contributed by atoms with E-state index in [1.807, 2.05) is 17.3 Å². The maximum absolute atomic E-state index is 4.64. The van der Waals surface area contributed by atoms with Crippen molar-refractivity contribution in [2.75, 3.05) is 0 Å². The molecule has 1 atom stereocenters. The lowest BCUT2D eigenvalue weighted by Crippen LogP contribution is -2.24. The Kier molecular flexibility index (Phi) is 4.73. The molecule has 0 radical (unpaired) electrons. The molecule has 1 unspecified atom stereocenters. The first kappa shape index (κ1) is 16.7. The van der Waals surface area contributed by atoms with Crippen LogP contribution in [0.15, 0.2) is 18.9 Å². The number of imidazole rings is 1. The van der Waals surface area contributed by atoms with Crippen molar-refractivity contribution in [2.45, 2.75) is 78.3 Å². The molecule has 5 nitrogen and oxygen atoms in total. The van der Waals surface area contributed by atoms with Gasteiger partial charge in [-0.3, -0.25) is 4.68 Å². The van der Waals surface area contributed by atoms with Crippen LogP contribution in [0.2, 0.25) is 0 Å². The second-order valence-electron chi connectivity index (χ2n) is 7.48. The average Bonchev–Trinajstić information content (AvgIpc) is 3.08. The second kappa shape index (κ2) is 6.23. The summed E-state index contributed by atoms with van der Waals surface area (Å²) in [7, 11) is 0. The number of aromatic nitrogens is 5. The first-order valence-electron chi connectivity index (χ1n) is 8.15. The minimum atomic E-state index is -0.0676. The first-order chi connectivity index (χ1) is 10.2. The maximum atomic E-state index is 4.64. The van der Waals surface area contributed by atoms with Gasteiger partial charge in [0.2, 0.25) is 0 Å². The summed E-state index contributed by atoms with van der Waals surface area (Å²) in [5, 5.41) is 4.64. The highest BCUT2D eigenvalue weighted by molar-refractivity contribution is 5.06. The van der Waals surface area contributed by atoms with E-state index in [9.17, 15) is 0 Å². The van der Waals surface area contributed by atoms with Crippen LogP contribution >= 0.6 is 0 Å². The van der Waals surface area contributed by atoms with Gasteiger partial charge in [0.05, 0.1) is 12.0 Å². The molecule has 0 fully saturated rings. The second-order valence-corrected chi connectivity index (χ2v) is 7.48. The van der Waals surface area contributed by atoms with Gasteiger partial charge in [0.1, 0.15) is 6.33 Å². The van der Waals surface area contributed by atoms with Gasteiger partial charge in [-0.25, -0.2) is 9.97 Å². The molecular weight excluding hydrogens is 274 g/mol. The predicted molar refractivity (Wildman–Crippen MR) is 89.1 cm³/mol. The highest BCUT2D eigenvalue weighted by Crippen LogP contribution is 2.30. The Hall–Kier alpha value is -1.65. The van der Waals surface area contributed by atoms with Crippen LogP contribution in [0.1, 0.15) is 84.4 Å². The van der Waals surface area contributed by atoms with Gasteiger partial charge in [-0.2, -0.15) is 5.10 Å². The summed E-state index contributed by atoms with van der Waals surface area (Å²) < 4.78 is 4.13. The molecule has 2 heterocycles. The lowest BCUT2D eigenvalue weighted by Gasteiger charge is -2.26. The Bertz CT molecular complexity index is 606. The van der Waals surface area contributed by atoms with Crippen molar-refractivity contribution in [3.05, 3.63) is 30.4 Å². The maximum Gasteiger partial charge on any atom is 0.156 e. The van der Waals surface area contributed by atoms with E-state index in [0.29, 0.717) is 18.0 Å². The smallest absolute Gasteiger partial charge is 0.156 e. The lowest BCUT2D eigenvalue weighted by molar-refractivity contribution is 0.355. The predicted octanol–water partition coefficient (Wildman–Crippen LogP) is 4.11. The van der Waals surface area contributed by atoms with Crippen LogP contribution in [0.3, 0.4) is 0 Å². The summed E-state index contributed by atoms with van der Waals surface area (Å²) in [5.41, 5.74) is 1.08. The molecule has 0 N–H and O–H groups in total. The van der Waals surface area contributed by atoms with Crippen molar-refractivity contribution in [3.8, 4) is 0 Å². The van der Waals surface area contributed by atoms with E-state index in [2.05, 4.69) is 74.3 Å². The fourth-order valence-corrected chi connectivity index (χ4v) is 2.66. The number of rotatable bonds is 6. The highest BCUT2D eigenvalue weighted by Gasteiger charge is 2.28. The zero-order valence-corrected chi connectivity index (χ0v) is 14.9. The van der Waals surface area contributed by atoms with Crippen molar-refractivity contribution in [2.24, 2.45) is 0 Å². The minimum absolute atomic E-state index is 0.0676. The van der Waals surface area contributed by atoms with Crippen LogP contribution in [0, 0.1) is 0 Å². The Labute approximate surface area is 133 Å². The Morgan fingerprint density at radius 3 is 2.23 bits per heavy atom. The minimum Gasteiger partial charge on any atom is -0.334 e. The summed E-state index contributed by atoms with van der Waals surface area (Å²) in [6, 6.07) is 0.706. The molecule has 2 aromatic rings. The topological polar surface area (TPSA) is 48.5 Å². The molecule has 2 rings (SSSR count). The fourth-order valence-electron chi connectivity index (χ4n) is 2.66. The van der Waals surface area contributed by atoms with Crippen molar-refractivity contribution in [3.63, 3.8) is 0 Å². The van der Waals surface area contributed by atoms with E-state index in [0.717, 1.165) is 17.9 Å². The van der Waals surface area contributed by atoms with Gasteiger partial charge in [0, 0.05) is 23.7 Å². The van der Waals surface area contributed by atoms with Gasteiger partial charge in [0.15, 0.2) is 5.82 Å². The van der Waals surface area contributed by atoms with Crippen LogP contribution in [0.25, 0.3) is 0 Å². The molecule has 0 amide bonds. The zero-order chi connectivity index (χ0) is 16.5. The third-order valence-corrected chi connectivity index (χ3v) is 4.17. The van der Waals surface area contributed by atoms with E-state index in [1.165, 1.54) is 0 Å². The number of nitrogens with zero attached hydrogens (tertiary/aromatic N) is 5. The van der Waals surface area contributed by atoms with E-state index in [1.54, 1.807) is 0 Å². The third-order valence-electron chi connectivity index (χ3n) is 4.17. The van der Waals surface area contributed by atoms with E-state index >= 15 is 0 Å². The highest BCUT2D eigenvalue weighted by atomic mass is 15.3. The number of hydrogen-bond acceptors (Lipinski definition) is 3. The molecule has 0 aliphatic carbocycles. The average molecular weight is 303 g/mol. The molecular formula is C17H29N5. The van der Waals surface area contributed by atoms with Gasteiger partial charge >= 0.3 is 0 Å². The molecule has 122 valence electrons. The van der Waals surface area contributed by atoms with Crippen molar-refractivity contribution >= 4 is 0 Å². The van der Waals surface area contributed by atoms with E-state index in [4.69, 9.17) is 0 Å². The molecule has 0 aliphatic heterocycles. The summed E-state index contributed by atoms with van der Waals surface area (Å²) in [5.74, 6) is 1.38. The van der Waals surface area contributed by atoms with E-state index in [-0.39, 0.29) is 5.41 Å². The van der Waals surface area contributed by atoms with Crippen LogP contribution in [0.4, 0.5) is 0 Å². The van der Waals surface area contributed by atoms with Crippen molar-refractivity contribution < 1.29 is 0 Å². The standard InChI is InChI=1S/C17H29N5/c1-12(2)15-9-21(10-18-15)14(5)8-17(6,7)16-19-11-22(20-16)13(3)4/h9-14H,8H2,1-7H3. The Morgan fingerprint density at radius 1 is 1.05 bits per heavy atom. The molecule has 0 aliphatic rings. The van der Waals surface area contributed by atoms with Crippen molar-refractivity contribution in [1.82, 2.24) is 24.3 Å². The van der Waals surface area contributed by atoms with Gasteiger partial charge in [-0.05, 0) is 33.1 Å². The van der Waals surface area contributed by atoms with Gasteiger partial charge in [-0.15, -0.1) is 0 Å². The quantitative estimate of drug-likeness (QED) is 0.807. The van der Waals surface area contributed by atoms with Gasteiger partial charge in [0.25, 0.3) is 0 Å². The molecule has 5 heteroatoms. The molecule has 0 saturated heterocycles. The molecule has 0 bridgehead atoms. The summed E-state index contributed by atoms with van der Waals surface area (Å²) in [6.07, 6.45) is 6.91. The van der Waals surface area contributed by atoms with Crippen molar-refractivity contribution in [1.29, 1.82) is 0 Å². The van der Waals surface area contributed by atoms with Gasteiger partial charge in [-0.1, -0.05) is 27.7 Å². The Morgan fingerprint density at radius 2 is 1.73 bits per heavy atom. The molecule has 22 heavy (non-hydrogen) atoms. The largest absolute Gasteiger partial charge is 0.334 e. The molecule has 0 spiro atoms. The van der Waals surface area contributed by atoms with E-state index < -0.39 is 0 Å². The fraction of sp³-hybridized carbons (Fsp3) is 0.706. The third kappa shape index (κ3) is 3.57.